The van der Waals surface area contributed by atoms with E-state index < -0.39 is 0 Å². The Bertz CT molecular complexity index is 1280. The van der Waals surface area contributed by atoms with Gasteiger partial charge in [0.2, 0.25) is 0 Å². The Morgan fingerprint density at radius 1 is 0.467 bits per heavy atom. The first kappa shape index (κ1) is 18.5. The number of aromatic nitrogens is 2. The molecule has 0 aliphatic heterocycles. The van der Waals surface area contributed by atoms with Gasteiger partial charge in [0.25, 0.3) is 0 Å². The van der Waals surface area contributed by atoms with Crippen LogP contribution in [-0.2, 0) is 0 Å². The van der Waals surface area contributed by atoms with Crippen molar-refractivity contribution in [2.45, 2.75) is 27.7 Å². The Hall–Kier alpha value is -3.52. The number of aryl methyl sites for hydroxylation is 4. The van der Waals surface area contributed by atoms with Gasteiger partial charge in [0.1, 0.15) is 0 Å². The molecular weight excluding hydrogens is 364 g/mol. The second-order valence-electron chi connectivity index (χ2n) is 8.36. The van der Waals surface area contributed by atoms with Gasteiger partial charge in [-0.3, -0.25) is 0 Å². The van der Waals surface area contributed by atoms with Crippen LogP contribution in [0.15, 0.2) is 72.8 Å². The molecule has 0 aliphatic rings. The summed E-state index contributed by atoms with van der Waals surface area (Å²) in [5.74, 6) is 0. The van der Waals surface area contributed by atoms with Crippen LogP contribution in [-0.4, -0.2) is 9.97 Å². The maximum absolute atomic E-state index is 5.15. The van der Waals surface area contributed by atoms with Crippen molar-refractivity contribution in [3.63, 3.8) is 0 Å². The number of nitrogens with zero attached hydrogens (tertiary/aromatic N) is 2. The van der Waals surface area contributed by atoms with Crippen molar-refractivity contribution in [1.29, 1.82) is 0 Å². The average molecular weight is 389 g/mol. The minimum absolute atomic E-state index is 0.927. The van der Waals surface area contributed by atoms with E-state index in [4.69, 9.17) is 9.97 Å². The molecule has 2 nitrogen and oxygen atoms in total. The molecule has 0 atom stereocenters. The van der Waals surface area contributed by atoms with Crippen molar-refractivity contribution in [2.24, 2.45) is 0 Å². The fourth-order valence-corrected chi connectivity index (χ4v) is 4.37. The molecule has 0 saturated heterocycles. The SMILES string of the molecule is Cc1cc(C)cc(-c2nc3cc4ccccc4cc3nc2-c2cc(C)cc(C)c2)c1. The molecule has 1 heterocycles. The second kappa shape index (κ2) is 7.07. The molecule has 0 bridgehead atoms. The summed E-state index contributed by atoms with van der Waals surface area (Å²) < 4.78 is 0. The predicted octanol–water partition coefficient (Wildman–Crippen LogP) is 7.35. The smallest absolute Gasteiger partial charge is 0.0973 e. The zero-order chi connectivity index (χ0) is 20.8. The molecule has 5 rings (SSSR count). The molecule has 0 N–H and O–H groups in total. The fourth-order valence-electron chi connectivity index (χ4n) is 4.37. The van der Waals surface area contributed by atoms with E-state index in [1.165, 1.54) is 33.0 Å². The Morgan fingerprint density at radius 2 is 0.833 bits per heavy atom. The summed E-state index contributed by atoms with van der Waals surface area (Å²) in [4.78, 5) is 10.3. The van der Waals surface area contributed by atoms with Gasteiger partial charge in [-0.2, -0.15) is 0 Å². The van der Waals surface area contributed by atoms with Crippen molar-refractivity contribution in [2.75, 3.05) is 0 Å². The molecule has 2 heteroatoms. The van der Waals surface area contributed by atoms with Crippen LogP contribution in [0.2, 0.25) is 0 Å². The normalized spacial score (nSPS) is 11.3. The third kappa shape index (κ3) is 3.35. The monoisotopic (exact) mass is 388 g/mol. The van der Waals surface area contributed by atoms with E-state index in [1.807, 2.05) is 0 Å². The molecule has 4 aromatic carbocycles. The van der Waals surface area contributed by atoms with Crippen LogP contribution in [0.3, 0.4) is 0 Å². The summed E-state index contributed by atoms with van der Waals surface area (Å²) in [5, 5.41) is 2.37. The van der Waals surface area contributed by atoms with Crippen LogP contribution in [0.4, 0.5) is 0 Å². The first-order valence-corrected chi connectivity index (χ1v) is 10.3. The standard InChI is InChI=1S/C28H24N2/c1-17-9-18(2)12-23(11-17)27-28(24-13-19(3)10-20(4)14-24)30-26-16-22-8-6-5-7-21(22)15-25(26)29-27/h5-16H,1-4H3. The van der Waals surface area contributed by atoms with Gasteiger partial charge in [-0.15, -0.1) is 0 Å². The summed E-state index contributed by atoms with van der Waals surface area (Å²) in [7, 11) is 0. The fraction of sp³-hybridized carbons (Fsp3) is 0.143. The molecule has 5 aromatic rings. The third-order valence-corrected chi connectivity index (χ3v) is 5.52. The van der Waals surface area contributed by atoms with Gasteiger partial charge in [-0.25, -0.2) is 9.97 Å². The number of rotatable bonds is 2. The number of hydrogen-bond donors (Lipinski definition) is 0. The van der Waals surface area contributed by atoms with E-state index in [0.29, 0.717) is 0 Å². The highest BCUT2D eigenvalue weighted by Gasteiger charge is 2.15. The largest absolute Gasteiger partial charge is 0.244 e. The zero-order valence-electron chi connectivity index (χ0n) is 17.8. The summed E-state index contributed by atoms with van der Waals surface area (Å²) in [6, 6.07) is 25.9. The van der Waals surface area contributed by atoms with Gasteiger partial charge >= 0.3 is 0 Å². The van der Waals surface area contributed by atoms with Crippen LogP contribution in [0.25, 0.3) is 44.3 Å². The minimum atomic E-state index is 0.927. The molecule has 0 aliphatic carbocycles. The van der Waals surface area contributed by atoms with Crippen molar-refractivity contribution in [1.82, 2.24) is 9.97 Å². The van der Waals surface area contributed by atoms with Crippen molar-refractivity contribution in [3.05, 3.63) is 95.1 Å². The Kier molecular flexibility index (Phi) is 4.36. The number of hydrogen-bond acceptors (Lipinski definition) is 2. The van der Waals surface area contributed by atoms with Gasteiger partial charge in [0, 0.05) is 11.1 Å². The quantitative estimate of drug-likeness (QED) is 0.295. The van der Waals surface area contributed by atoms with Gasteiger partial charge in [-0.1, -0.05) is 58.7 Å². The summed E-state index contributed by atoms with van der Waals surface area (Å²) in [6.45, 7) is 8.54. The first-order valence-electron chi connectivity index (χ1n) is 10.3. The van der Waals surface area contributed by atoms with Gasteiger partial charge < -0.3 is 0 Å². The Balaban J connectivity index is 1.87. The lowest BCUT2D eigenvalue weighted by molar-refractivity contribution is 1.27. The highest BCUT2D eigenvalue weighted by molar-refractivity contribution is 5.97. The molecule has 0 amide bonds. The number of benzene rings is 4. The topological polar surface area (TPSA) is 25.8 Å². The third-order valence-electron chi connectivity index (χ3n) is 5.52. The van der Waals surface area contributed by atoms with E-state index >= 15 is 0 Å². The summed E-state index contributed by atoms with van der Waals surface area (Å²) in [6.07, 6.45) is 0. The van der Waals surface area contributed by atoms with E-state index in [0.717, 1.165) is 33.5 Å². The van der Waals surface area contributed by atoms with Crippen LogP contribution < -0.4 is 0 Å². The minimum Gasteiger partial charge on any atom is -0.244 e. The molecule has 0 radical (unpaired) electrons. The molecule has 30 heavy (non-hydrogen) atoms. The number of fused-ring (bicyclic) bond motifs is 2. The highest BCUT2D eigenvalue weighted by atomic mass is 14.8. The van der Waals surface area contributed by atoms with E-state index in [9.17, 15) is 0 Å². The van der Waals surface area contributed by atoms with Gasteiger partial charge in [0.05, 0.1) is 22.4 Å². The highest BCUT2D eigenvalue weighted by Crippen LogP contribution is 2.34. The van der Waals surface area contributed by atoms with E-state index in [1.54, 1.807) is 0 Å². The van der Waals surface area contributed by atoms with Crippen molar-refractivity contribution >= 4 is 21.8 Å². The molecule has 0 saturated carbocycles. The first-order chi connectivity index (χ1) is 14.5. The van der Waals surface area contributed by atoms with E-state index in [-0.39, 0.29) is 0 Å². The molecule has 1 aromatic heterocycles. The van der Waals surface area contributed by atoms with Gasteiger partial charge in [-0.05, 0) is 74.9 Å². The molecule has 0 spiro atoms. The molecule has 0 unspecified atom stereocenters. The van der Waals surface area contributed by atoms with E-state index in [2.05, 4.69) is 100 Å². The summed E-state index contributed by atoms with van der Waals surface area (Å²) in [5.41, 5.74) is 10.9. The lowest BCUT2D eigenvalue weighted by Crippen LogP contribution is -1.97. The molecule has 146 valence electrons. The lowest BCUT2D eigenvalue weighted by atomic mass is 9.98. The summed E-state index contributed by atoms with van der Waals surface area (Å²) >= 11 is 0. The van der Waals surface area contributed by atoms with Crippen LogP contribution in [0.1, 0.15) is 22.3 Å². The van der Waals surface area contributed by atoms with Crippen molar-refractivity contribution in [3.8, 4) is 22.5 Å². The molecular formula is C28H24N2. The van der Waals surface area contributed by atoms with Crippen LogP contribution >= 0.6 is 0 Å². The predicted molar refractivity (Wildman–Crippen MR) is 127 cm³/mol. The van der Waals surface area contributed by atoms with Crippen LogP contribution in [0, 0.1) is 27.7 Å². The Morgan fingerprint density at radius 3 is 1.20 bits per heavy atom. The maximum Gasteiger partial charge on any atom is 0.0973 e. The lowest BCUT2D eigenvalue weighted by Gasteiger charge is -2.13. The zero-order valence-corrected chi connectivity index (χ0v) is 17.8. The average Bonchev–Trinajstić information content (AvgIpc) is 2.70. The Labute approximate surface area is 177 Å². The van der Waals surface area contributed by atoms with Gasteiger partial charge in [0.15, 0.2) is 0 Å². The maximum atomic E-state index is 5.15. The molecule has 0 fully saturated rings. The van der Waals surface area contributed by atoms with Crippen LogP contribution in [0.5, 0.6) is 0 Å². The second-order valence-corrected chi connectivity index (χ2v) is 8.36. The van der Waals surface area contributed by atoms with Crippen molar-refractivity contribution < 1.29 is 0 Å².